The van der Waals surface area contributed by atoms with Crippen molar-refractivity contribution in [2.24, 2.45) is 0 Å². The van der Waals surface area contributed by atoms with Crippen molar-refractivity contribution < 1.29 is 15.4 Å². The summed E-state index contributed by atoms with van der Waals surface area (Å²) in [7, 11) is 0. The molecule has 0 aliphatic carbocycles. The van der Waals surface area contributed by atoms with Gasteiger partial charge in [-0.3, -0.25) is 4.79 Å². The van der Waals surface area contributed by atoms with Crippen LogP contribution in [0.5, 0.6) is 0 Å². The Kier molecular flexibility index (Phi) is 15.2. The zero-order valence-electron chi connectivity index (χ0n) is 5.60. The molecule has 0 aromatic heterocycles. The number of hydrogen-bond acceptors (Lipinski definition) is 2. The van der Waals surface area contributed by atoms with Crippen LogP contribution in [0.2, 0.25) is 0 Å². The van der Waals surface area contributed by atoms with Crippen LogP contribution in [0.1, 0.15) is 13.8 Å². The number of carbonyl (C=O) groups excluding carboxylic acids is 1. The second-order valence-corrected chi connectivity index (χ2v) is 1.37. The van der Waals surface area contributed by atoms with E-state index < -0.39 is 0 Å². The van der Waals surface area contributed by atoms with Gasteiger partial charge < -0.3 is 10.6 Å². The third-order valence-electron chi connectivity index (χ3n) is 0.407. The number of hydrogen-bond donors (Lipinski definition) is 0. The van der Waals surface area contributed by atoms with Crippen molar-refractivity contribution in [2.75, 3.05) is 0 Å². The zero-order valence-corrected chi connectivity index (χ0v) is 7.81. The Balaban J connectivity index is -0.000000180. The fraction of sp³-hybridized carbons (Fsp3) is 0.400. The van der Waals surface area contributed by atoms with Crippen molar-refractivity contribution in [3.8, 4) is 0 Å². The predicted octanol–water partition coefficient (Wildman–Crippen LogP) is -1.37. The van der Waals surface area contributed by atoms with E-state index in [-0.39, 0.29) is 54.8 Å². The molecule has 0 aliphatic rings. The molecule has 0 aromatic carbocycles. The maximum absolute atomic E-state index is 9.98. The minimum atomic E-state index is -0.187. The van der Waals surface area contributed by atoms with Gasteiger partial charge in [-0.1, -0.05) is 6.92 Å². The Labute approximate surface area is 84.1 Å². The van der Waals surface area contributed by atoms with Crippen LogP contribution < -0.4 is 5.11 Å². The summed E-state index contributed by atoms with van der Waals surface area (Å²) in [6.07, 6.45) is 1.06. The van der Waals surface area contributed by atoms with E-state index in [2.05, 4.69) is 0 Å². The van der Waals surface area contributed by atoms with Gasteiger partial charge in [-0.2, -0.15) is 0 Å². The van der Waals surface area contributed by atoms with E-state index in [1.165, 1.54) is 13.8 Å². The molecule has 0 bridgehead atoms. The van der Waals surface area contributed by atoms with E-state index in [0.29, 0.717) is 0 Å². The van der Waals surface area contributed by atoms with Crippen molar-refractivity contribution in [2.45, 2.75) is 13.8 Å². The van der Waals surface area contributed by atoms with Crippen LogP contribution in [-0.2, 0) is 4.79 Å². The molecular formula is C5H9CaO3+. The fourth-order valence-electron chi connectivity index (χ4n) is 0.286. The minimum absolute atomic E-state index is 0. The fourth-order valence-corrected chi connectivity index (χ4v) is 0.286. The molecule has 0 aliphatic heterocycles. The van der Waals surface area contributed by atoms with Crippen molar-refractivity contribution in [1.82, 2.24) is 0 Å². The van der Waals surface area contributed by atoms with Crippen LogP contribution in [0, 0.1) is 0 Å². The van der Waals surface area contributed by atoms with Gasteiger partial charge in [0.15, 0.2) is 5.78 Å². The summed E-state index contributed by atoms with van der Waals surface area (Å²) in [5.41, 5.74) is 0. The predicted molar refractivity (Wildman–Crippen MR) is 33.8 cm³/mol. The first kappa shape index (κ1) is 16.2. The second-order valence-electron chi connectivity index (χ2n) is 1.37. The number of allylic oxidation sites excluding steroid dienone is 2. The smallest absolute Gasteiger partial charge is 0.876 e. The molecule has 0 radical (unpaired) electrons. The molecule has 0 heterocycles. The van der Waals surface area contributed by atoms with Crippen LogP contribution >= 0.6 is 0 Å². The number of ketones is 1. The molecule has 9 heavy (non-hydrogen) atoms. The first-order valence-electron chi connectivity index (χ1n) is 1.99. The summed E-state index contributed by atoms with van der Waals surface area (Å²) in [6, 6.07) is 0. The Hall–Kier alpha value is 0.430. The molecule has 3 nitrogen and oxygen atoms in total. The Bertz CT molecular complexity index is 105. The van der Waals surface area contributed by atoms with E-state index in [1.807, 2.05) is 0 Å². The molecule has 0 fully saturated rings. The van der Waals surface area contributed by atoms with Gasteiger partial charge in [-0.25, -0.2) is 0 Å². The first-order valence-corrected chi connectivity index (χ1v) is 1.99. The Morgan fingerprint density at radius 2 is 1.78 bits per heavy atom. The van der Waals surface area contributed by atoms with Gasteiger partial charge in [-0.15, -0.1) is 5.76 Å². The van der Waals surface area contributed by atoms with Crippen LogP contribution in [0.4, 0.5) is 0 Å². The van der Waals surface area contributed by atoms with Crippen LogP contribution in [0.3, 0.4) is 0 Å². The van der Waals surface area contributed by atoms with Gasteiger partial charge in [0.2, 0.25) is 0 Å². The van der Waals surface area contributed by atoms with Crippen LogP contribution in [0.25, 0.3) is 0 Å². The van der Waals surface area contributed by atoms with E-state index >= 15 is 0 Å². The molecule has 0 unspecified atom stereocenters. The largest absolute Gasteiger partial charge is 2.00 e. The molecule has 0 spiro atoms. The van der Waals surface area contributed by atoms with Crippen molar-refractivity contribution in [3.05, 3.63) is 11.8 Å². The SMILES string of the molecule is CC(=O)/C=C(/C)[O-].O.[Ca+2]. The molecule has 0 amide bonds. The third kappa shape index (κ3) is 17.8. The van der Waals surface area contributed by atoms with Gasteiger partial charge in [0, 0.05) is 0 Å². The number of rotatable bonds is 1. The third-order valence-corrected chi connectivity index (χ3v) is 0.407. The van der Waals surface area contributed by atoms with E-state index in [0.717, 1.165) is 6.08 Å². The second kappa shape index (κ2) is 8.43. The monoisotopic (exact) mass is 157 g/mol. The Morgan fingerprint density at radius 3 is 1.78 bits per heavy atom. The van der Waals surface area contributed by atoms with Gasteiger partial charge in [0.25, 0.3) is 0 Å². The molecule has 0 rings (SSSR count). The summed E-state index contributed by atoms with van der Waals surface area (Å²) in [5.74, 6) is -0.375. The van der Waals surface area contributed by atoms with Gasteiger partial charge in [0.1, 0.15) is 0 Å². The van der Waals surface area contributed by atoms with Gasteiger partial charge in [-0.05, 0) is 13.0 Å². The summed E-state index contributed by atoms with van der Waals surface area (Å²) in [4.78, 5) is 9.98. The van der Waals surface area contributed by atoms with Gasteiger partial charge >= 0.3 is 37.7 Å². The van der Waals surface area contributed by atoms with E-state index in [9.17, 15) is 9.90 Å². The zero-order chi connectivity index (χ0) is 5.86. The molecule has 4 heteroatoms. The van der Waals surface area contributed by atoms with Gasteiger partial charge in [0.05, 0.1) is 0 Å². The quantitative estimate of drug-likeness (QED) is 0.268. The molecule has 0 aromatic rings. The Morgan fingerprint density at radius 1 is 1.44 bits per heavy atom. The normalized spacial score (nSPS) is 8.89. The molecule has 0 atom stereocenters. The minimum Gasteiger partial charge on any atom is -0.876 e. The molecule has 2 N–H and O–H groups in total. The summed E-state index contributed by atoms with van der Waals surface area (Å²) < 4.78 is 0. The van der Waals surface area contributed by atoms with Crippen molar-refractivity contribution >= 4 is 43.5 Å². The summed E-state index contributed by atoms with van der Waals surface area (Å²) in [5, 5.41) is 9.98. The van der Waals surface area contributed by atoms with E-state index in [4.69, 9.17) is 0 Å². The molecular weight excluding hydrogens is 148 g/mol. The molecule has 0 saturated heterocycles. The first-order chi connectivity index (χ1) is 3.13. The van der Waals surface area contributed by atoms with Crippen LogP contribution in [0.15, 0.2) is 11.8 Å². The summed E-state index contributed by atoms with van der Waals surface area (Å²) in [6.45, 7) is 2.70. The maximum Gasteiger partial charge on any atom is 2.00 e. The average Bonchev–Trinajstić information content (AvgIpc) is 1.27. The van der Waals surface area contributed by atoms with Crippen LogP contribution in [-0.4, -0.2) is 49.0 Å². The van der Waals surface area contributed by atoms with Crippen molar-refractivity contribution in [1.29, 1.82) is 0 Å². The topological polar surface area (TPSA) is 71.6 Å². The number of carbonyl (C=O) groups is 1. The summed E-state index contributed by atoms with van der Waals surface area (Å²) >= 11 is 0. The molecule has 0 saturated carbocycles. The van der Waals surface area contributed by atoms with Crippen molar-refractivity contribution in [3.63, 3.8) is 0 Å². The standard InChI is InChI=1S/C5H8O2.Ca.H2O/c1-4(6)3-5(2)7;;/h3,6H,1-2H3;;1H2/q;+2;/p-1/b4-3-;;. The van der Waals surface area contributed by atoms with E-state index in [1.54, 1.807) is 0 Å². The average molecular weight is 157 g/mol. The molecule has 48 valence electrons. The maximum atomic E-state index is 9.98.